The molecule has 0 saturated heterocycles. The first-order chi connectivity index (χ1) is 9.85. The van der Waals surface area contributed by atoms with Gasteiger partial charge in [0.2, 0.25) is 0 Å². The molecule has 0 amide bonds. The summed E-state index contributed by atoms with van der Waals surface area (Å²) in [4.78, 5) is 0. The van der Waals surface area contributed by atoms with Gasteiger partial charge < -0.3 is 18.9 Å². The third kappa shape index (κ3) is 4.69. The number of hydrogen-bond acceptors (Lipinski definition) is 4. The Morgan fingerprint density at radius 1 is 0.700 bits per heavy atom. The van der Waals surface area contributed by atoms with Gasteiger partial charge >= 0.3 is 0 Å². The second kappa shape index (κ2) is 8.98. The third-order valence-electron chi connectivity index (χ3n) is 4.79. The predicted octanol–water partition coefficient (Wildman–Crippen LogP) is 2.65. The minimum atomic E-state index is 0.237. The minimum absolute atomic E-state index is 0.237. The summed E-state index contributed by atoms with van der Waals surface area (Å²) < 4.78 is 22.2. The average Bonchev–Trinajstić information content (AvgIpc) is 2.48. The molecule has 4 unspecified atom stereocenters. The highest BCUT2D eigenvalue weighted by molar-refractivity contribution is 4.89. The van der Waals surface area contributed by atoms with E-state index in [0.717, 1.165) is 24.7 Å². The highest BCUT2D eigenvalue weighted by Crippen LogP contribution is 2.42. The van der Waals surface area contributed by atoms with E-state index in [9.17, 15) is 0 Å². The third-order valence-corrected chi connectivity index (χ3v) is 4.79. The minimum Gasteiger partial charge on any atom is -0.382 e. The van der Waals surface area contributed by atoms with Crippen molar-refractivity contribution in [2.75, 3.05) is 40.6 Å². The van der Waals surface area contributed by atoms with Crippen LogP contribution in [0.2, 0.25) is 0 Å². The van der Waals surface area contributed by atoms with Crippen molar-refractivity contribution in [1.29, 1.82) is 0 Å². The molecular weight excluding hydrogens is 256 g/mol. The number of ether oxygens (including phenoxy) is 4. The molecule has 2 saturated carbocycles. The Labute approximate surface area is 123 Å². The molecule has 4 nitrogen and oxygen atoms in total. The van der Waals surface area contributed by atoms with Gasteiger partial charge in [0, 0.05) is 14.2 Å². The lowest BCUT2D eigenvalue weighted by Crippen LogP contribution is -2.44. The summed E-state index contributed by atoms with van der Waals surface area (Å²) in [6.07, 6.45) is 8.32. The van der Waals surface area contributed by atoms with Gasteiger partial charge in [-0.3, -0.25) is 0 Å². The van der Waals surface area contributed by atoms with Crippen LogP contribution in [-0.2, 0) is 18.9 Å². The Morgan fingerprint density at radius 2 is 1.15 bits per heavy atom. The van der Waals surface area contributed by atoms with Gasteiger partial charge in [0.15, 0.2) is 0 Å². The van der Waals surface area contributed by atoms with Gasteiger partial charge in [0.1, 0.15) is 0 Å². The largest absolute Gasteiger partial charge is 0.382 e. The average molecular weight is 286 g/mol. The molecule has 20 heavy (non-hydrogen) atoms. The zero-order chi connectivity index (χ0) is 14.2. The van der Waals surface area contributed by atoms with Gasteiger partial charge in [-0.2, -0.15) is 0 Å². The SMILES string of the molecule is COCCOC1CC2CCCCC2CC1OCCOC. The Bertz CT molecular complexity index is 233. The van der Waals surface area contributed by atoms with Crippen LogP contribution in [0.3, 0.4) is 0 Å². The van der Waals surface area contributed by atoms with Gasteiger partial charge in [-0.25, -0.2) is 0 Å². The second-order valence-corrected chi connectivity index (χ2v) is 6.08. The van der Waals surface area contributed by atoms with Crippen molar-refractivity contribution >= 4 is 0 Å². The molecule has 0 heterocycles. The summed E-state index contributed by atoms with van der Waals surface area (Å²) in [7, 11) is 3.43. The molecule has 0 bridgehead atoms. The fourth-order valence-electron chi connectivity index (χ4n) is 3.72. The summed E-state index contributed by atoms with van der Waals surface area (Å²) in [5, 5.41) is 0. The van der Waals surface area contributed by atoms with Crippen LogP contribution in [0.1, 0.15) is 38.5 Å². The van der Waals surface area contributed by atoms with Crippen LogP contribution < -0.4 is 0 Å². The van der Waals surface area contributed by atoms with E-state index in [1.165, 1.54) is 25.7 Å². The van der Waals surface area contributed by atoms with Crippen LogP contribution in [0.25, 0.3) is 0 Å². The maximum atomic E-state index is 6.02. The molecule has 118 valence electrons. The highest BCUT2D eigenvalue weighted by Gasteiger charge is 2.39. The van der Waals surface area contributed by atoms with Crippen LogP contribution in [0, 0.1) is 11.8 Å². The molecule has 2 aliphatic rings. The van der Waals surface area contributed by atoms with Crippen molar-refractivity contribution in [3.63, 3.8) is 0 Å². The van der Waals surface area contributed by atoms with Crippen LogP contribution in [-0.4, -0.2) is 52.9 Å². The molecule has 0 aromatic rings. The molecule has 0 aromatic carbocycles. The Kier molecular flexibility index (Phi) is 7.28. The number of methoxy groups -OCH3 is 2. The maximum Gasteiger partial charge on any atom is 0.0840 e. The quantitative estimate of drug-likeness (QED) is 0.643. The van der Waals surface area contributed by atoms with Crippen molar-refractivity contribution in [2.24, 2.45) is 11.8 Å². The summed E-state index contributed by atoms with van der Waals surface area (Å²) in [5.74, 6) is 1.69. The Morgan fingerprint density at radius 3 is 1.55 bits per heavy atom. The number of rotatable bonds is 8. The van der Waals surface area contributed by atoms with E-state index in [4.69, 9.17) is 18.9 Å². The van der Waals surface area contributed by atoms with Crippen molar-refractivity contribution < 1.29 is 18.9 Å². The molecule has 2 rings (SSSR count). The number of hydrogen-bond donors (Lipinski definition) is 0. The first kappa shape index (κ1) is 16.2. The lowest BCUT2D eigenvalue weighted by atomic mass is 9.69. The van der Waals surface area contributed by atoms with Crippen molar-refractivity contribution in [2.45, 2.75) is 50.7 Å². The molecule has 4 atom stereocenters. The predicted molar refractivity (Wildman–Crippen MR) is 77.9 cm³/mol. The summed E-state index contributed by atoms with van der Waals surface area (Å²) in [6, 6.07) is 0. The maximum absolute atomic E-state index is 6.02. The monoisotopic (exact) mass is 286 g/mol. The molecule has 0 spiro atoms. The molecule has 0 radical (unpaired) electrons. The van der Waals surface area contributed by atoms with Crippen LogP contribution in [0.15, 0.2) is 0 Å². The summed E-state index contributed by atoms with van der Waals surface area (Å²) in [5.41, 5.74) is 0. The van der Waals surface area contributed by atoms with Crippen molar-refractivity contribution in [3.8, 4) is 0 Å². The Balaban J connectivity index is 1.85. The molecular formula is C16H30O4. The first-order valence-corrected chi connectivity index (χ1v) is 8.06. The topological polar surface area (TPSA) is 36.9 Å². The fourth-order valence-corrected chi connectivity index (χ4v) is 3.72. The van der Waals surface area contributed by atoms with E-state index < -0.39 is 0 Å². The lowest BCUT2D eigenvalue weighted by Gasteiger charge is -2.43. The second-order valence-electron chi connectivity index (χ2n) is 6.08. The summed E-state index contributed by atoms with van der Waals surface area (Å²) in [6.45, 7) is 2.66. The molecule has 0 aliphatic heterocycles. The lowest BCUT2D eigenvalue weighted by molar-refractivity contribution is -0.131. The van der Waals surface area contributed by atoms with Gasteiger partial charge in [-0.05, 0) is 24.7 Å². The van der Waals surface area contributed by atoms with E-state index >= 15 is 0 Å². The smallest absolute Gasteiger partial charge is 0.0840 e. The van der Waals surface area contributed by atoms with Crippen molar-refractivity contribution in [1.82, 2.24) is 0 Å². The van der Waals surface area contributed by atoms with Gasteiger partial charge in [0.05, 0.1) is 38.6 Å². The van der Waals surface area contributed by atoms with Crippen LogP contribution in [0.5, 0.6) is 0 Å². The van der Waals surface area contributed by atoms with E-state index in [-0.39, 0.29) is 12.2 Å². The standard InChI is InChI=1S/C16H30O4/c1-17-7-9-19-15-11-13-5-3-4-6-14(13)12-16(15)20-10-8-18-2/h13-16H,3-12H2,1-2H3. The fraction of sp³-hybridized carbons (Fsp3) is 1.00. The number of fused-ring (bicyclic) bond motifs is 1. The zero-order valence-corrected chi connectivity index (χ0v) is 13.0. The van der Waals surface area contributed by atoms with Crippen LogP contribution in [0.4, 0.5) is 0 Å². The van der Waals surface area contributed by atoms with E-state index in [2.05, 4.69) is 0 Å². The van der Waals surface area contributed by atoms with Gasteiger partial charge in [-0.1, -0.05) is 25.7 Å². The molecule has 4 heteroatoms. The summed E-state index contributed by atoms with van der Waals surface area (Å²) >= 11 is 0. The van der Waals surface area contributed by atoms with E-state index in [1.54, 1.807) is 14.2 Å². The van der Waals surface area contributed by atoms with Gasteiger partial charge in [0.25, 0.3) is 0 Å². The van der Waals surface area contributed by atoms with Gasteiger partial charge in [-0.15, -0.1) is 0 Å². The van der Waals surface area contributed by atoms with E-state index in [1.807, 2.05) is 0 Å². The first-order valence-electron chi connectivity index (χ1n) is 8.06. The molecule has 0 N–H and O–H groups in total. The Hall–Kier alpha value is -0.160. The molecule has 2 aliphatic carbocycles. The normalized spacial score (nSPS) is 33.9. The molecule has 2 fully saturated rings. The zero-order valence-electron chi connectivity index (χ0n) is 13.0. The van der Waals surface area contributed by atoms with Crippen molar-refractivity contribution in [3.05, 3.63) is 0 Å². The highest BCUT2D eigenvalue weighted by atomic mass is 16.6. The van der Waals surface area contributed by atoms with Crippen LogP contribution >= 0.6 is 0 Å². The van der Waals surface area contributed by atoms with E-state index in [0.29, 0.717) is 26.4 Å². The molecule has 0 aromatic heterocycles.